The number of benzene rings is 2. The number of nitrogens with zero attached hydrogens (tertiary/aromatic N) is 3. The van der Waals surface area contributed by atoms with Crippen molar-refractivity contribution in [2.24, 2.45) is 0 Å². The van der Waals surface area contributed by atoms with E-state index in [0.717, 1.165) is 51.9 Å². The van der Waals surface area contributed by atoms with E-state index in [1.165, 1.54) is 16.6 Å². The second kappa shape index (κ2) is 8.54. The van der Waals surface area contributed by atoms with Crippen molar-refractivity contribution in [3.05, 3.63) is 60.2 Å². The first kappa shape index (κ1) is 18.7. The van der Waals surface area contributed by atoms with Crippen molar-refractivity contribution >= 4 is 17.0 Å². The molecule has 2 heterocycles. The highest BCUT2D eigenvalue weighted by molar-refractivity contribution is 5.73. The normalized spacial score (nSPS) is 15.1. The molecule has 1 aliphatic rings. The number of fused-ring (bicyclic) bond motifs is 1. The van der Waals surface area contributed by atoms with Gasteiger partial charge in [-0.15, -0.1) is 0 Å². The number of rotatable bonds is 5. The predicted molar refractivity (Wildman–Crippen MR) is 99.3 cm³/mol. The predicted octanol–water partition coefficient (Wildman–Crippen LogP) is -1.10. The third-order valence-electron chi connectivity index (χ3n) is 4.94. The summed E-state index contributed by atoms with van der Waals surface area (Å²) in [6, 6.07) is 19.0. The molecule has 5 nitrogen and oxygen atoms in total. The minimum absolute atomic E-state index is 0. The van der Waals surface area contributed by atoms with Crippen LogP contribution in [-0.4, -0.2) is 42.3 Å². The maximum absolute atomic E-state index is 6.56. The number of para-hydroxylation sites is 2. The number of nitrogen functional groups attached to an aromatic ring is 1. The van der Waals surface area contributed by atoms with Crippen molar-refractivity contribution in [3.8, 4) is 0 Å². The molecule has 138 valence electrons. The van der Waals surface area contributed by atoms with Gasteiger partial charge in [0.2, 0.25) is 0 Å². The fourth-order valence-electron chi connectivity index (χ4n) is 3.55. The molecule has 1 aromatic heterocycles. The molecular formula is C20H25ClN4O. The van der Waals surface area contributed by atoms with Gasteiger partial charge in [0.05, 0.1) is 26.3 Å². The Hall–Kier alpha value is -2.08. The van der Waals surface area contributed by atoms with Gasteiger partial charge in [-0.05, 0) is 17.7 Å². The van der Waals surface area contributed by atoms with Crippen LogP contribution >= 0.6 is 0 Å². The number of ether oxygens (including phenoxy) is 1. The van der Waals surface area contributed by atoms with Crippen molar-refractivity contribution in [2.75, 3.05) is 38.6 Å². The largest absolute Gasteiger partial charge is 1.00 e. The number of anilines is 1. The molecule has 3 aromatic rings. The molecule has 26 heavy (non-hydrogen) atoms. The van der Waals surface area contributed by atoms with E-state index in [2.05, 4.69) is 62.6 Å². The molecular weight excluding hydrogens is 348 g/mol. The third kappa shape index (κ3) is 3.85. The molecule has 0 atom stereocenters. The first-order chi connectivity index (χ1) is 12.3. The van der Waals surface area contributed by atoms with E-state index in [9.17, 15) is 0 Å². The minimum atomic E-state index is 0. The van der Waals surface area contributed by atoms with Crippen molar-refractivity contribution in [2.45, 2.75) is 13.1 Å². The van der Waals surface area contributed by atoms with Gasteiger partial charge >= 0.3 is 5.95 Å². The summed E-state index contributed by atoms with van der Waals surface area (Å²) in [5.74, 6) is 0.818. The van der Waals surface area contributed by atoms with Crippen LogP contribution in [0.25, 0.3) is 11.0 Å². The highest BCUT2D eigenvalue weighted by atomic mass is 35.5. The Morgan fingerprint density at radius 3 is 2.38 bits per heavy atom. The molecule has 1 fully saturated rings. The van der Waals surface area contributed by atoms with E-state index in [1.807, 2.05) is 6.07 Å². The molecule has 0 spiro atoms. The molecule has 0 saturated carbocycles. The molecule has 1 saturated heterocycles. The van der Waals surface area contributed by atoms with E-state index in [-0.39, 0.29) is 12.4 Å². The topological polar surface area (TPSA) is 47.3 Å². The number of hydrogen-bond acceptors (Lipinski definition) is 3. The summed E-state index contributed by atoms with van der Waals surface area (Å²) in [5.41, 5.74) is 10.2. The maximum Gasteiger partial charge on any atom is 0.356 e. The average Bonchev–Trinajstić information content (AvgIpc) is 2.93. The van der Waals surface area contributed by atoms with E-state index in [0.29, 0.717) is 0 Å². The van der Waals surface area contributed by atoms with Crippen LogP contribution in [-0.2, 0) is 17.8 Å². The van der Waals surface area contributed by atoms with Gasteiger partial charge in [0.1, 0.15) is 11.0 Å². The molecule has 2 N–H and O–H groups in total. The number of aromatic nitrogens is 2. The zero-order chi connectivity index (χ0) is 17.1. The fourth-order valence-corrected chi connectivity index (χ4v) is 3.55. The first-order valence-electron chi connectivity index (χ1n) is 8.93. The molecule has 4 rings (SSSR count). The van der Waals surface area contributed by atoms with Gasteiger partial charge in [-0.25, -0.2) is 9.13 Å². The number of nitrogens with two attached hydrogens (primary N) is 1. The number of morpholine rings is 1. The smallest absolute Gasteiger partial charge is 0.356 e. The zero-order valence-electron chi connectivity index (χ0n) is 14.9. The van der Waals surface area contributed by atoms with Gasteiger partial charge in [0, 0.05) is 19.6 Å². The molecule has 1 aliphatic heterocycles. The highest BCUT2D eigenvalue weighted by Crippen LogP contribution is 2.17. The van der Waals surface area contributed by atoms with Crippen molar-refractivity contribution in [3.63, 3.8) is 0 Å². The van der Waals surface area contributed by atoms with Gasteiger partial charge in [-0.1, -0.05) is 42.5 Å². The lowest BCUT2D eigenvalue weighted by molar-refractivity contribution is -0.648. The average molecular weight is 373 g/mol. The molecule has 2 aromatic carbocycles. The molecule has 0 radical (unpaired) electrons. The van der Waals surface area contributed by atoms with Crippen LogP contribution in [0, 0.1) is 0 Å². The van der Waals surface area contributed by atoms with Gasteiger partial charge < -0.3 is 17.1 Å². The Balaban J connectivity index is 0.00000196. The molecule has 6 heteroatoms. The SMILES string of the molecule is Nc1n(CCN2CCOCC2)c2ccccc2[n+]1Cc1ccccc1.[Cl-]. The monoisotopic (exact) mass is 372 g/mol. The lowest BCUT2D eigenvalue weighted by Gasteiger charge is -2.25. The minimum Gasteiger partial charge on any atom is -1.00 e. The van der Waals surface area contributed by atoms with Crippen molar-refractivity contribution in [1.29, 1.82) is 0 Å². The Morgan fingerprint density at radius 2 is 1.62 bits per heavy atom. The van der Waals surface area contributed by atoms with Gasteiger partial charge in [0.25, 0.3) is 0 Å². The van der Waals surface area contributed by atoms with E-state index >= 15 is 0 Å². The Morgan fingerprint density at radius 1 is 0.923 bits per heavy atom. The van der Waals surface area contributed by atoms with Crippen molar-refractivity contribution in [1.82, 2.24) is 9.47 Å². The van der Waals surface area contributed by atoms with Gasteiger partial charge in [-0.2, -0.15) is 0 Å². The van der Waals surface area contributed by atoms with Crippen LogP contribution in [0.2, 0.25) is 0 Å². The van der Waals surface area contributed by atoms with E-state index in [4.69, 9.17) is 10.5 Å². The summed E-state index contributed by atoms with van der Waals surface area (Å²) >= 11 is 0. The molecule has 0 amide bonds. The third-order valence-corrected chi connectivity index (χ3v) is 4.94. The summed E-state index contributed by atoms with van der Waals surface area (Å²) < 4.78 is 9.90. The number of imidazole rings is 1. The van der Waals surface area contributed by atoms with E-state index < -0.39 is 0 Å². The number of hydrogen-bond donors (Lipinski definition) is 1. The fraction of sp³-hybridized carbons (Fsp3) is 0.350. The van der Waals surface area contributed by atoms with Crippen LogP contribution in [0.15, 0.2) is 54.6 Å². The number of halogens is 1. The van der Waals surface area contributed by atoms with Crippen LogP contribution < -0.4 is 22.7 Å². The first-order valence-corrected chi connectivity index (χ1v) is 8.93. The maximum atomic E-state index is 6.56. The lowest BCUT2D eigenvalue weighted by Crippen LogP contribution is -3.00. The van der Waals surface area contributed by atoms with E-state index in [1.54, 1.807) is 0 Å². The second-order valence-electron chi connectivity index (χ2n) is 6.52. The summed E-state index contributed by atoms with van der Waals surface area (Å²) in [7, 11) is 0. The Kier molecular flexibility index (Phi) is 6.14. The van der Waals surface area contributed by atoms with Gasteiger partial charge in [-0.3, -0.25) is 10.6 Å². The summed E-state index contributed by atoms with van der Waals surface area (Å²) in [6.07, 6.45) is 0. The summed E-state index contributed by atoms with van der Waals surface area (Å²) in [4.78, 5) is 2.44. The van der Waals surface area contributed by atoms with Crippen LogP contribution in [0.3, 0.4) is 0 Å². The summed E-state index contributed by atoms with van der Waals surface area (Å²) in [6.45, 7) is 6.35. The quantitative estimate of drug-likeness (QED) is 0.578. The van der Waals surface area contributed by atoms with Crippen molar-refractivity contribution < 1.29 is 21.7 Å². The zero-order valence-corrected chi connectivity index (χ0v) is 15.6. The molecule has 0 bridgehead atoms. The lowest BCUT2D eigenvalue weighted by atomic mass is 10.2. The highest BCUT2D eigenvalue weighted by Gasteiger charge is 2.21. The Bertz CT molecular complexity index is 844. The molecule has 0 unspecified atom stereocenters. The molecule has 0 aliphatic carbocycles. The van der Waals surface area contributed by atoms with Crippen LogP contribution in [0.5, 0.6) is 0 Å². The van der Waals surface area contributed by atoms with Gasteiger partial charge in [0.15, 0.2) is 0 Å². The second-order valence-corrected chi connectivity index (χ2v) is 6.52. The summed E-state index contributed by atoms with van der Waals surface area (Å²) in [5, 5.41) is 0. The standard InChI is InChI=1S/C20H24N4O.ClH/c21-20-23(11-10-22-12-14-25-15-13-22)18-8-4-5-9-19(18)24(20)16-17-6-2-1-3-7-17;/h1-9,21H,10-16H2;1H. The Labute approximate surface area is 160 Å². The van der Waals surface area contributed by atoms with Crippen LogP contribution in [0.4, 0.5) is 5.95 Å². The van der Waals surface area contributed by atoms with Crippen LogP contribution in [0.1, 0.15) is 5.56 Å².